The summed E-state index contributed by atoms with van der Waals surface area (Å²) < 4.78 is 23.1. The summed E-state index contributed by atoms with van der Waals surface area (Å²) in [5, 5.41) is 107. The Morgan fingerprint density at radius 2 is 1.22 bits per heavy atom. The van der Waals surface area contributed by atoms with Crippen molar-refractivity contribution in [2.45, 2.75) is 170 Å². The molecule has 18 heteroatoms. The number of esters is 1. The Labute approximate surface area is 380 Å². The van der Waals surface area contributed by atoms with Crippen LogP contribution in [0.1, 0.15) is 79.1 Å². The van der Waals surface area contributed by atoms with E-state index >= 15 is 0 Å². The van der Waals surface area contributed by atoms with Gasteiger partial charge in [0.05, 0.1) is 73.5 Å². The molecular formula is C47H71NO17. The zero-order chi connectivity index (χ0) is 48.4. The molecule has 0 aromatic carbocycles. The molecule has 0 aromatic heterocycles. The summed E-state index contributed by atoms with van der Waals surface area (Å²) in [7, 11) is 0. The molecule has 18 atom stereocenters. The number of carboxylic acids is 1. The number of ketones is 1. The number of hydrogen-bond acceptors (Lipinski definition) is 17. The fraction of sp³-hybridized carbons (Fsp3) is 0.638. The smallest absolute Gasteiger partial charge is 0.311 e. The quantitative estimate of drug-likeness (QED) is 0.175. The van der Waals surface area contributed by atoms with Crippen molar-refractivity contribution in [3.8, 4) is 0 Å². The number of aliphatic hydroxyl groups is 9. The number of allylic oxidation sites excluding steroid dienone is 12. The van der Waals surface area contributed by atoms with E-state index in [-0.39, 0.29) is 25.2 Å². The van der Waals surface area contributed by atoms with Gasteiger partial charge in [-0.05, 0) is 26.7 Å². The van der Waals surface area contributed by atoms with Crippen molar-refractivity contribution in [1.82, 2.24) is 0 Å². The van der Waals surface area contributed by atoms with E-state index < -0.39 is 153 Å². The maximum atomic E-state index is 12.7. The van der Waals surface area contributed by atoms with Gasteiger partial charge in [0.1, 0.15) is 23.9 Å². The van der Waals surface area contributed by atoms with Gasteiger partial charge in [-0.3, -0.25) is 14.4 Å². The van der Waals surface area contributed by atoms with Crippen molar-refractivity contribution in [2.75, 3.05) is 0 Å². The number of carbonyl (C=O) groups excluding carboxylic acids is 2. The van der Waals surface area contributed by atoms with Gasteiger partial charge in [-0.2, -0.15) is 0 Å². The summed E-state index contributed by atoms with van der Waals surface area (Å²) in [4.78, 5) is 37.7. The molecule has 18 unspecified atom stereocenters. The molecular weight excluding hydrogens is 851 g/mol. The van der Waals surface area contributed by atoms with Crippen LogP contribution < -0.4 is 5.73 Å². The third kappa shape index (κ3) is 18.5. The summed E-state index contributed by atoms with van der Waals surface area (Å²) in [6.07, 6.45) is 3.75. The number of aliphatic hydroxyl groups excluding tert-OH is 8. The number of ether oxygens (including phenoxy) is 4. The van der Waals surface area contributed by atoms with Gasteiger partial charge in [-0.1, -0.05) is 98.9 Å². The SMILES string of the molecule is CC1/C=C/C=C\C=C\C=C\C=C\C=C\C=C\C(OC2OC(C)C(O)C(N)C2O)CC2OC(O)(CC(O)C(O)CCC(O)CC(=O)CC(O)CC(=O)OC(C)C(C)C1O)CC(O)C2C(=O)O. The lowest BCUT2D eigenvalue weighted by atomic mass is 9.82. The zero-order valence-corrected chi connectivity index (χ0v) is 37.5. The maximum Gasteiger partial charge on any atom is 0.311 e. The topological polar surface area (TPSA) is 316 Å². The number of carbonyl (C=O) groups is 3. The zero-order valence-electron chi connectivity index (χ0n) is 37.5. The Balaban J connectivity index is 1.86. The predicted octanol–water partition coefficient (Wildman–Crippen LogP) is 0.920. The predicted molar refractivity (Wildman–Crippen MR) is 236 cm³/mol. The molecule has 65 heavy (non-hydrogen) atoms. The molecule has 2 fully saturated rings. The number of rotatable bonds is 3. The average molecular weight is 922 g/mol. The van der Waals surface area contributed by atoms with E-state index in [2.05, 4.69) is 0 Å². The molecule has 366 valence electrons. The number of fused-ring (bicyclic) bond motifs is 2. The highest BCUT2D eigenvalue weighted by Crippen LogP contribution is 2.38. The first-order valence-electron chi connectivity index (χ1n) is 22.2. The van der Waals surface area contributed by atoms with E-state index in [4.69, 9.17) is 24.7 Å². The normalized spacial score (nSPS) is 44.4. The highest BCUT2D eigenvalue weighted by Gasteiger charge is 2.51. The minimum atomic E-state index is -2.37. The molecule has 12 N–H and O–H groups in total. The van der Waals surface area contributed by atoms with Crippen LogP contribution in [-0.2, 0) is 33.3 Å². The third-order valence-electron chi connectivity index (χ3n) is 11.9. The molecule has 0 amide bonds. The van der Waals surface area contributed by atoms with Crippen LogP contribution in [0, 0.1) is 17.8 Å². The molecule has 3 rings (SSSR count). The van der Waals surface area contributed by atoms with Gasteiger partial charge >= 0.3 is 11.9 Å². The van der Waals surface area contributed by atoms with E-state index in [1.807, 2.05) is 13.0 Å². The first kappa shape index (κ1) is 55.6. The van der Waals surface area contributed by atoms with E-state index in [0.717, 1.165) is 0 Å². The standard InChI is InChI=1S/C47H71NO17/c1-27-17-15-13-11-9-7-5-6-8-10-12-14-16-18-34(64-46-44(58)41(48)43(57)30(4)63-46)24-38-40(45(59)60)37(54)26-47(61,65-38)25-36(53)35(52)20-19-31(49)21-32(50)22-33(51)23-39(55)62-29(3)28(2)42(27)56/h5-18,27-31,33-38,40-44,46,49,51-54,56-58,61H,19-26,48H2,1-4H3,(H,59,60)/b6-5+,9-7+,10-8+,13-11-,14-12+,17-15+,18-16+. The van der Waals surface area contributed by atoms with E-state index in [1.165, 1.54) is 13.0 Å². The Kier molecular flexibility index (Phi) is 23.2. The van der Waals surface area contributed by atoms with Crippen molar-refractivity contribution < 1.29 is 84.4 Å². The number of hydrogen-bond donors (Lipinski definition) is 11. The summed E-state index contributed by atoms with van der Waals surface area (Å²) in [5.41, 5.74) is 6.01. The van der Waals surface area contributed by atoms with Crippen LogP contribution in [0.25, 0.3) is 0 Å². The molecule has 0 spiro atoms. The van der Waals surface area contributed by atoms with Gasteiger partial charge < -0.3 is 75.7 Å². The summed E-state index contributed by atoms with van der Waals surface area (Å²) >= 11 is 0. The Morgan fingerprint density at radius 3 is 1.80 bits per heavy atom. The Morgan fingerprint density at radius 1 is 0.677 bits per heavy atom. The van der Waals surface area contributed by atoms with Gasteiger partial charge in [0, 0.05) is 43.9 Å². The molecule has 0 aromatic rings. The Bertz CT molecular complexity index is 1710. The number of aliphatic carboxylic acids is 1. The molecule has 0 radical (unpaired) electrons. The van der Waals surface area contributed by atoms with E-state index in [9.17, 15) is 65.4 Å². The van der Waals surface area contributed by atoms with E-state index in [1.54, 1.807) is 86.8 Å². The fourth-order valence-electron chi connectivity index (χ4n) is 7.81. The first-order chi connectivity index (χ1) is 30.6. The summed E-state index contributed by atoms with van der Waals surface area (Å²) in [5.74, 6) is -7.57. The number of Topliss-reactive ketones (excluding diaryl/α,β-unsaturated/α-hetero) is 1. The molecule has 3 heterocycles. The minimum Gasteiger partial charge on any atom is -0.481 e. The van der Waals surface area contributed by atoms with Gasteiger partial charge in [0.2, 0.25) is 0 Å². The highest BCUT2D eigenvalue weighted by molar-refractivity contribution is 5.80. The summed E-state index contributed by atoms with van der Waals surface area (Å²) in [6, 6.07) is -1.15. The fourth-order valence-corrected chi connectivity index (χ4v) is 7.81. The Hall–Kier alpha value is -3.73. The molecule has 3 aliphatic heterocycles. The number of nitrogens with two attached hydrogens (primary N) is 1. The first-order valence-corrected chi connectivity index (χ1v) is 22.2. The van der Waals surface area contributed by atoms with Gasteiger partial charge in [-0.15, -0.1) is 0 Å². The molecule has 2 bridgehead atoms. The molecule has 18 nitrogen and oxygen atoms in total. The average Bonchev–Trinajstić information content (AvgIpc) is 3.21. The van der Waals surface area contributed by atoms with Crippen LogP contribution in [0.5, 0.6) is 0 Å². The highest BCUT2D eigenvalue weighted by atomic mass is 16.7. The van der Waals surface area contributed by atoms with Crippen molar-refractivity contribution in [3.63, 3.8) is 0 Å². The summed E-state index contributed by atoms with van der Waals surface area (Å²) in [6.45, 7) is 6.69. The second-order valence-electron chi connectivity index (χ2n) is 17.4. The van der Waals surface area contributed by atoms with Crippen molar-refractivity contribution >= 4 is 17.7 Å². The minimum absolute atomic E-state index is 0.201. The lowest BCUT2D eigenvalue weighted by Gasteiger charge is -2.45. The molecule has 0 saturated carbocycles. The van der Waals surface area contributed by atoms with Crippen LogP contribution in [0.2, 0.25) is 0 Å². The van der Waals surface area contributed by atoms with Crippen molar-refractivity contribution in [1.29, 1.82) is 0 Å². The number of carboxylic acid groups (broad SMARTS) is 1. The molecule has 3 aliphatic rings. The van der Waals surface area contributed by atoms with Crippen LogP contribution in [0.15, 0.2) is 85.1 Å². The van der Waals surface area contributed by atoms with Crippen LogP contribution >= 0.6 is 0 Å². The number of cyclic esters (lactones) is 1. The van der Waals surface area contributed by atoms with Crippen molar-refractivity contribution in [3.05, 3.63) is 85.1 Å². The molecule has 0 aliphatic carbocycles. The van der Waals surface area contributed by atoms with Gasteiger partial charge in [-0.25, -0.2) is 0 Å². The monoisotopic (exact) mass is 921 g/mol. The molecule has 2 saturated heterocycles. The lowest BCUT2D eigenvalue weighted by Crippen LogP contribution is -2.61. The van der Waals surface area contributed by atoms with Crippen LogP contribution in [0.3, 0.4) is 0 Å². The van der Waals surface area contributed by atoms with Crippen LogP contribution in [0.4, 0.5) is 0 Å². The van der Waals surface area contributed by atoms with Crippen molar-refractivity contribution in [2.24, 2.45) is 23.5 Å². The lowest BCUT2D eigenvalue weighted by molar-refractivity contribution is -0.310. The van der Waals surface area contributed by atoms with E-state index in [0.29, 0.717) is 0 Å². The maximum absolute atomic E-state index is 12.7. The van der Waals surface area contributed by atoms with Gasteiger partial charge in [0.25, 0.3) is 0 Å². The second-order valence-corrected chi connectivity index (χ2v) is 17.4. The van der Waals surface area contributed by atoms with Gasteiger partial charge in [0.15, 0.2) is 12.1 Å². The van der Waals surface area contributed by atoms with Crippen LogP contribution in [-0.4, -0.2) is 160 Å². The second kappa shape index (κ2) is 27.2. The third-order valence-corrected chi connectivity index (χ3v) is 11.9. The largest absolute Gasteiger partial charge is 0.481 e.